The molecule has 2 N–H and O–H groups in total. The van der Waals surface area contributed by atoms with Crippen LogP contribution in [0.2, 0.25) is 0 Å². The lowest BCUT2D eigenvalue weighted by atomic mass is 10.0. The first-order valence-corrected chi connectivity index (χ1v) is 8.38. The molecule has 2 saturated heterocycles. The number of amides is 4. The first-order valence-electron chi connectivity index (χ1n) is 8.38. The molecule has 0 saturated carbocycles. The predicted molar refractivity (Wildman–Crippen MR) is 91.5 cm³/mol. The topological polar surface area (TPSA) is 91.0 Å². The molecule has 2 aliphatic rings. The predicted octanol–water partition coefficient (Wildman–Crippen LogP) is 1.49. The molecule has 4 amide bonds. The fourth-order valence-corrected chi connectivity index (χ4v) is 3.30. The van der Waals surface area contributed by atoms with Gasteiger partial charge in [0.15, 0.2) is 0 Å². The summed E-state index contributed by atoms with van der Waals surface area (Å²) in [6, 6.07) is 6.41. The number of rotatable bonds is 3. The molecule has 2 aliphatic heterocycles. The van der Waals surface area contributed by atoms with Gasteiger partial charge in [-0.05, 0) is 25.0 Å². The number of hydrogen-bond acceptors (Lipinski definition) is 4. The Labute approximate surface area is 146 Å². The first-order chi connectivity index (χ1) is 12.1. The van der Waals surface area contributed by atoms with Crippen LogP contribution in [0.1, 0.15) is 23.2 Å². The van der Waals surface area contributed by atoms with Gasteiger partial charge in [-0.15, -0.1) is 0 Å². The van der Waals surface area contributed by atoms with Gasteiger partial charge in [0.2, 0.25) is 0 Å². The van der Waals surface area contributed by atoms with E-state index in [-0.39, 0.29) is 18.1 Å². The van der Waals surface area contributed by atoms with Crippen molar-refractivity contribution in [3.8, 4) is 0 Å². The maximum Gasteiger partial charge on any atom is 0.339 e. The summed E-state index contributed by atoms with van der Waals surface area (Å²) >= 11 is 0. The van der Waals surface area contributed by atoms with Gasteiger partial charge >= 0.3 is 18.0 Å². The van der Waals surface area contributed by atoms with Crippen LogP contribution in [0.15, 0.2) is 24.3 Å². The quantitative estimate of drug-likeness (QED) is 0.812. The number of anilines is 1. The van der Waals surface area contributed by atoms with Crippen LogP contribution in [-0.2, 0) is 4.74 Å². The molecule has 8 heteroatoms. The van der Waals surface area contributed by atoms with Crippen molar-refractivity contribution in [1.29, 1.82) is 0 Å². The Morgan fingerprint density at radius 1 is 1.28 bits per heavy atom. The summed E-state index contributed by atoms with van der Waals surface area (Å²) in [4.78, 5) is 39.8. The zero-order valence-corrected chi connectivity index (χ0v) is 14.2. The van der Waals surface area contributed by atoms with Gasteiger partial charge in [0.05, 0.1) is 24.4 Å². The number of carbonyl (C=O) groups is 3. The molecule has 0 aliphatic carbocycles. The zero-order chi connectivity index (χ0) is 17.8. The number of piperidine rings is 1. The number of ether oxygens (including phenoxy) is 1. The summed E-state index contributed by atoms with van der Waals surface area (Å²) in [5.41, 5.74) is 0.728. The normalized spacial score (nSPS) is 20.2. The molecule has 8 nitrogen and oxygen atoms in total. The Kier molecular flexibility index (Phi) is 5.06. The Hall–Kier alpha value is -2.77. The largest absolute Gasteiger partial charge is 0.465 e. The van der Waals surface area contributed by atoms with Gasteiger partial charge in [0.1, 0.15) is 0 Å². The molecule has 0 spiro atoms. The van der Waals surface area contributed by atoms with Crippen LogP contribution in [-0.4, -0.2) is 67.2 Å². The van der Waals surface area contributed by atoms with Crippen molar-refractivity contribution in [1.82, 2.24) is 15.1 Å². The number of para-hydroxylation sites is 1. The average Bonchev–Trinajstić information content (AvgIpc) is 3.07. The molecule has 2 fully saturated rings. The monoisotopic (exact) mass is 346 g/mol. The molecule has 134 valence electrons. The molecule has 1 atom stereocenters. The van der Waals surface area contributed by atoms with E-state index in [0.717, 1.165) is 12.8 Å². The molecule has 2 heterocycles. The van der Waals surface area contributed by atoms with E-state index in [9.17, 15) is 14.4 Å². The van der Waals surface area contributed by atoms with Crippen LogP contribution in [0.25, 0.3) is 0 Å². The van der Waals surface area contributed by atoms with Gasteiger partial charge in [-0.1, -0.05) is 12.1 Å². The number of urea groups is 2. The van der Waals surface area contributed by atoms with Crippen LogP contribution >= 0.6 is 0 Å². The lowest BCUT2D eigenvalue weighted by molar-refractivity contribution is 0.0602. The number of esters is 1. The van der Waals surface area contributed by atoms with Crippen LogP contribution in [0, 0.1) is 0 Å². The van der Waals surface area contributed by atoms with E-state index in [1.165, 1.54) is 7.11 Å². The third-order valence-electron chi connectivity index (χ3n) is 4.59. The molecule has 3 rings (SSSR count). The Balaban J connectivity index is 1.67. The highest BCUT2D eigenvalue weighted by Gasteiger charge is 2.33. The van der Waals surface area contributed by atoms with E-state index < -0.39 is 5.97 Å². The summed E-state index contributed by atoms with van der Waals surface area (Å²) < 4.78 is 4.75. The number of methoxy groups -OCH3 is 1. The minimum atomic E-state index is -0.499. The maximum atomic E-state index is 12.6. The lowest BCUT2D eigenvalue weighted by Crippen LogP contribution is -2.51. The van der Waals surface area contributed by atoms with Gasteiger partial charge < -0.3 is 25.2 Å². The molecule has 1 aromatic rings. The van der Waals surface area contributed by atoms with Gasteiger partial charge in [0, 0.05) is 26.2 Å². The molecule has 1 aromatic carbocycles. The van der Waals surface area contributed by atoms with Crippen molar-refractivity contribution >= 4 is 23.7 Å². The maximum absolute atomic E-state index is 12.6. The number of nitrogens with zero attached hydrogens (tertiary/aromatic N) is 2. The molecule has 0 aromatic heterocycles. The van der Waals surface area contributed by atoms with Gasteiger partial charge in [-0.25, -0.2) is 14.4 Å². The van der Waals surface area contributed by atoms with Crippen molar-refractivity contribution in [2.75, 3.05) is 38.6 Å². The zero-order valence-electron chi connectivity index (χ0n) is 14.2. The van der Waals surface area contributed by atoms with Crippen molar-refractivity contribution in [3.05, 3.63) is 29.8 Å². The number of nitrogens with one attached hydrogen (secondary N) is 2. The van der Waals surface area contributed by atoms with Crippen molar-refractivity contribution in [2.24, 2.45) is 0 Å². The highest BCUT2D eigenvalue weighted by atomic mass is 16.5. The number of hydrogen-bond donors (Lipinski definition) is 2. The van der Waals surface area contributed by atoms with E-state index in [4.69, 9.17) is 4.74 Å². The minimum Gasteiger partial charge on any atom is -0.465 e. The van der Waals surface area contributed by atoms with Crippen LogP contribution in [0.3, 0.4) is 0 Å². The average molecular weight is 346 g/mol. The third kappa shape index (κ3) is 3.67. The van der Waals surface area contributed by atoms with Crippen LogP contribution < -0.4 is 10.6 Å². The second kappa shape index (κ2) is 7.42. The highest BCUT2D eigenvalue weighted by molar-refractivity contribution is 6.00. The fourth-order valence-electron chi connectivity index (χ4n) is 3.30. The van der Waals surface area contributed by atoms with Gasteiger partial charge in [-0.2, -0.15) is 0 Å². The molecular weight excluding hydrogens is 324 g/mol. The van der Waals surface area contributed by atoms with E-state index in [1.807, 2.05) is 0 Å². The summed E-state index contributed by atoms with van der Waals surface area (Å²) in [6.07, 6.45) is 1.72. The molecular formula is C17H22N4O4. The standard InChI is InChI=1S/C17H22N4O4/c1-25-15(22)13-6-2-3-7-14(13)19-17(24)20-9-4-5-12(11-20)21-10-8-18-16(21)23/h2-3,6-7,12H,4-5,8-11H2,1H3,(H,18,23)(H,19,24). The van der Waals surface area contributed by atoms with E-state index in [0.29, 0.717) is 37.4 Å². The second-order valence-electron chi connectivity index (χ2n) is 6.13. The molecule has 0 radical (unpaired) electrons. The highest BCUT2D eigenvalue weighted by Crippen LogP contribution is 2.20. The van der Waals surface area contributed by atoms with Crippen LogP contribution in [0.5, 0.6) is 0 Å². The number of benzene rings is 1. The van der Waals surface area contributed by atoms with Crippen LogP contribution in [0.4, 0.5) is 15.3 Å². The lowest BCUT2D eigenvalue weighted by Gasteiger charge is -2.37. The SMILES string of the molecule is COC(=O)c1ccccc1NC(=O)N1CCCC(N2CCNC2=O)C1. The minimum absolute atomic E-state index is 0.0258. The summed E-state index contributed by atoms with van der Waals surface area (Å²) in [5.74, 6) is -0.499. The van der Waals surface area contributed by atoms with E-state index in [2.05, 4.69) is 10.6 Å². The molecule has 1 unspecified atom stereocenters. The summed E-state index contributed by atoms with van der Waals surface area (Å²) in [5, 5.41) is 5.58. The molecule has 25 heavy (non-hydrogen) atoms. The Bertz CT molecular complexity index is 678. The van der Waals surface area contributed by atoms with Crippen molar-refractivity contribution in [2.45, 2.75) is 18.9 Å². The second-order valence-corrected chi connectivity index (χ2v) is 6.13. The fraction of sp³-hybridized carbons (Fsp3) is 0.471. The molecule has 0 bridgehead atoms. The third-order valence-corrected chi connectivity index (χ3v) is 4.59. The van der Waals surface area contributed by atoms with Crippen molar-refractivity contribution in [3.63, 3.8) is 0 Å². The van der Waals surface area contributed by atoms with Gasteiger partial charge in [-0.3, -0.25) is 0 Å². The smallest absolute Gasteiger partial charge is 0.339 e. The summed E-state index contributed by atoms with van der Waals surface area (Å²) in [7, 11) is 1.30. The number of likely N-dealkylation sites (tertiary alicyclic amines) is 1. The Morgan fingerprint density at radius 3 is 2.80 bits per heavy atom. The van der Waals surface area contributed by atoms with E-state index in [1.54, 1.807) is 34.1 Å². The summed E-state index contributed by atoms with van der Waals surface area (Å²) in [6.45, 7) is 2.43. The Morgan fingerprint density at radius 2 is 2.08 bits per heavy atom. The van der Waals surface area contributed by atoms with Gasteiger partial charge in [0.25, 0.3) is 0 Å². The van der Waals surface area contributed by atoms with E-state index >= 15 is 0 Å². The first kappa shape index (κ1) is 17.1. The van der Waals surface area contributed by atoms with Crippen molar-refractivity contribution < 1.29 is 19.1 Å². The number of carbonyl (C=O) groups excluding carboxylic acids is 3.